The van der Waals surface area contributed by atoms with Gasteiger partial charge in [0, 0.05) is 37.8 Å². The third-order valence-corrected chi connectivity index (χ3v) is 5.24. The second-order valence-electron chi connectivity index (χ2n) is 7.53. The Balaban J connectivity index is 0.00000408. The number of anilines is 4. The number of carboxylic acid groups (broad SMARTS) is 2. The number of amides is 1. The van der Waals surface area contributed by atoms with Crippen molar-refractivity contribution in [2.24, 2.45) is 0 Å². The Kier molecular flexibility index (Phi) is 9.29. The molecular weight excluding hydrogens is 457 g/mol. The maximum absolute atomic E-state index is 12.3. The molecule has 176 valence electrons. The van der Waals surface area contributed by atoms with Crippen LogP contribution in [0.4, 0.5) is 23.1 Å². The third kappa shape index (κ3) is 6.62. The molecule has 3 rings (SSSR count). The van der Waals surface area contributed by atoms with E-state index in [0.29, 0.717) is 30.3 Å². The fourth-order valence-corrected chi connectivity index (χ4v) is 3.41. The Hall–Kier alpha value is -3.29. The van der Waals surface area contributed by atoms with Crippen LogP contribution in [0.3, 0.4) is 0 Å². The molecule has 0 fully saturated rings. The van der Waals surface area contributed by atoms with E-state index in [1.54, 1.807) is 19.2 Å². The normalized spacial score (nSPS) is 15.2. The van der Waals surface area contributed by atoms with E-state index in [0.717, 1.165) is 0 Å². The second-order valence-corrected chi connectivity index (χ2v) is 7.53. The van der Waals surface area contributed by atoms with Crippen molar-refractivity contribution in [2.45, 2.75) is 24.9 Å². The van der Waals surface area contributed by atoms with Crippen LogP contribution in [0, 0.1) is 0 Å². The number of carboxylic acids is 2. The molecule has 0 saturated carbocycles. The van der Waals surface area contributed by atoms with Crippen LogP contribution in [-0.2, 0) is 9.59 Å². The van der Waals surface area contributed by atoms with E-state index in [1.807, 2.05) is 4.90 Å². The van der Waals surface area contributed by atoms with Gasteiger partial charge in [0.2, 0.25) is 5.95 Å². The molecule has 2 unspecified atom stereocenters. The average molecular weight is 481 g/mol. The number of hydrogen-bond acceptors (Lipinski definition) is 10. The number of hydrogen-bond donors (Lipinski definition) is 6. The minimum atomic E-state index is -1.55. The molecule has 1 aliphatic heterocycles. The number of nitrogens with two attached hydrogens (primary N) is 1. The Morgan fingerprint density at radius 1 is 1.32 bits per heavy atom. The molecule has 7 N–H and O–H groups in total. The van der Waals surface area contributed by atoms with E-state index in [4.69, 9.17) is 10.8 Å². The van der Waals surface area contributed by atoms with Gasteiger partial charge in [0.05, 0.1) is 18.1 Å². The Morgan fingerprint density at radius 2 is 2.00 bits per heavy atom. The van der Waals surface area contributed by atoms with E-state index in [1.165, 1.54) is 12.1 Å². The summed E-state index contributed by atoms with van der Waals surface area (Å²) in [5.74, 6) is -2.92. The van der Waals surface area contributed by atoms with Gasteiger partial charge in [-0.05, 0) is 30.7 Å². The molecule has 0 saturated heterocycles. The first-order chi connectivity index (χ1) is 15.7. The number of carbonyl (C=O) groups is 3. The number of nitrogens with zero attached hydrogens (tertiary/aromatic N) is 2. The zero-order chi connectivity index (χ0) is 24.1. The fourth-order valence-electron chi connectivity index (χ4n) is 3.41. The van der Waals surface area contributed by atoms with Crippen LogP contribution in [0.1, 0.15) is 23.2 Å². The second kappa shape index (κ2) is 11.7. The van der Waals surface area contributed by atoms with Crippen molar-refractivity contribution >= 4 is 41.0 Å². The molecule has 2 atom stereocenters. The molecule has 0 bridgehead atoms. The number of benzene rings is 1. The maximum Gasteiger partial charge on any atom is 1.00 e. The van der Waals surface area contributed by atoms with Gasteiger partial charge in [-0.1, -0.05) is 0 Å². The number of fused-ring (bicyclic) bond motifs is 1. The van der Waals surface area contributed by atoms with Crippen molar-refractivity contribution in [2.75, 3.05) is 41.4 Å². The molecule has 1 aliphatic rings. The first-order valence-corrected chi connectivity index (χ1v) is 10.1. The van der Waals surface area contributed by atoms with Crippen LogP contribution < -0.4 is 66.8 Å². The number of carbonyl (C=O) groups excluding carboxylic acids is 2. The number of aromatic amines is 1. The Morgan fingerprint density at radius 3 is 2.62 bits per heavy atom. The van der Waals surface area contributed by atoms with Gasteiger partial charge >= 0.3 is 35.5 Å². The minimum absolute atomic E-state index is 0. The molecule has 1 aromatic carbocycles. The van der Waals surface area contributed by atoms with Crippen molar-refractivity contribution in [1.29, 1.82) is 0 Å². The molecule has 34 heavy (non-hydrogen) atoms. The van der Waals surface area contributed by atoms with Gasteiger partial charge in [-0.15, -0.1) is 0 Å². The zero-order valence-electron chi connectivity index (χ0n) is 18.8. The summed E-state index contributed by atoms with van der Waals surface area (Å²) in [6.07, 6.45) is -0.688. The number of nitrogen functional groups attached to an aromatic ring is 1. The van der Waals surface area contributed by atoms with E-state index in [9.17, 15) is 24.3 Å². The first-order valence-electron chi connectivity index (χ1n) is 10.1. The minimum Gasteiger partial charge on any atom is -0.548 e. The summed E-state index contributed by atoms with van der Waals surface area (Å²) in [6, 6.07) is 4.84. The predicted molar refractivity (Wildman–Crippen MR) is 118 cm³/mol. The topological polar surface area (TPSA) is 206 Å². The smallest absolute Gasteiger partial charge is 0.548 e. The first kappa shape index (κ1) is 27.0. The monoisotopic (exact) mass is 481 g/mol. The van der Waals surface area contributed by atoms with Crippen LogP contribution in [0.2, 0.25) is 0 Å². The fraction of sp³-hybridized carbons (Fsp3) is 0.350. The van der Waals surface area contributed by atoms with E-state index < -0.39 is 30.3 Å². The Bertz CT molecular complexity index is 1110. The van der Waals surface area contributed by atoms with Crippen molar-refractivity contribution < 1.29 is 54.2 Å². The van der Waals surface area contributed by atoms with E-state index >= 15 is 0 Å². The summed E-state index contributed by atoms with van der Waals surface area (Å²) in [5, 5.41) is 28.4. The maximum atomic E-state index is 12.3. The largest absolute Gasteiger partial charge is 1.00 e. The van der Waals surface area contributed by atoms with Gasteiger partial charge in [0.15, 0.2) is 5.82 Å². The van der Waals surface area contributed by atoms with Gasteiger partial charge < -0.3 is 41.6 Å². The molecule has 14 heteroatoms. The quantitative estimate of drug-likeness (QED) is 0.188. The van der Waals surface area contributed by atoms with Crippen molar-refractivity contribution in [3.8, 4) is 0 Å². The van der Waals surface area contributed by atoms with Gasteiger partial charge in [0.25, 0.3) is 11.5 Å². The van der Waals surface area contributed by atoms with Gasteiger partial charge in [-0.25, -0.2) is 0 Å². The average Bonchev–Trinajstić information content (AvgIpc) is 2.75. The summed E-state index contributed by atoms with van der Waals surface area (Å²) in [4.78, 5) is 54.7. The van der Waals surface area contributed by atoms with Crippen LogP contribution in [-0.4, -0.2) is 65.1 Å². The standard InChI is InChI=1S/C20H25N7O6.Na/c1-27-12(9-23-16-15(27)18(31)26-20(21)25-16)8-22-11-4-2-10(3-5-11)17(30)24-13(19(32)33)6-7-14(28)29;/h2-5,12-13,22H,6-9H2,1H3,(H,24,30)(H,28,29)(H,32,33)(H4,21,23,25,26,31);/q;+1/p-1. The van der Waals surface area contributed by atoms with Crippen molar-refractivity contribution in [3.63, 3.8) is 0 Å². The van der Waals surface area contributed by atoms with Crippen LogP contribution in [0.15, 0.2) is 29.1 Å². The number of rotatable bonds is 9. The summed E-state index contributed by atoms with van der Waals surface area (Å²) in [5.41, 5.74) is 6.54. The van der Waals surface area contributed by atoms with Crippen molar-refractivity contribution in [1.82, 2.24) is 15.3 Å². The molecule has 13 nitrogen and oxygen atoms in total. The molecule has 0 spiro atoms. The zero-order valence-corrected chi connectivity index (χ0v) is 20.8. The molecule has 0 aliphatic carbocycles. The Labute approximate surface area is 216 Å². The van der Waals surface area contributed by atoms with Gasteiger partial charge in [0.1, 0.15) is 5.69 Å². The predicted octanol–water partition coefficient (Wildman–Crippen LogP) is -4.59. The number of aliphatic carboxylic acids is 2. The number of likely N-dealkylation sites (N-methyl/N-ethyl adjacent to an activating group) is 1. The van der Waals surface area contributed by atoms with Gasteiger partial charge in [-0.2, -0.15) is 4.98 Å². The molecule has 2 heterocycles. The molecule has 2 aromatic rings. The summed E-state index contributed by atoms with van der Waals surface area (Å²) < 4.78 is 0. The van der Waals surface area contributed by atoms with Crippen LogP contribution in [0.25, 0.3) is 0 Å². The third-order valence-electron chi connectivity index (χ3n) is 5.24. The SMILES string of the molecule is CN1c2c(nc(N)[nH]c2=O)NCC1CNc1ccc(C(=O)NC(CCC(=O)O)C(=O)[O-])cc1.[Na+]. The van der Waals surface area contributed by atoms with Crippen LogP contribution >= 0.6 is 0 Å². The van der Waals surface area contributed by atoms with Gasteiger partial charge in [-0.3, -0.25) is 19.4 Å². The van der Waals surface area contributed by atoms with Crippen LogP contribution in [0.5, 0.6) is 0 Å². The molecule has 1 aromatic heterocycles. The summed E-state index contributed by atoms with van der Waals surface area (Å²) >= 11 is 0. The summed E-state index contributed by atoms with van der Waals surface area (Å²) in [6.45, 7) is 0.994. The van der Waals surface area contributed by atoms with E-state index in [-0.39, 0.29) is 59.1 Å². The number of aromatic nitrogens is 2. The number of H-pyrrole nitrogens is 1. The summed E-state index contributed by atoms with van der Waals surface area (Å²) in [7, 11) is 1.78. The molecular formula is C20H24N7NaO6. The van der Waals surface area contributed by atoms with Crippen molar-refractivity contribution in [3.05, 3.63) is 40.2 Å². The molecule has 0 radical (unpaired) electrons. The number of nitrogens with one attached hydrogen (secondary N) is 4. The molecule has 1 amide bonds. The van der Waals surface area contributed by atoms with E-state index in [2.05, 4.69) is 25.9 Å².